The maximum absolute atomic E-state index is 7.02. The Morgan fingerprint density at radius 3 is 1.33 bits per heavy atom. The molecule has 0 aromatic heterocycles. The van der Waals surface area contributed by atoms with Crippen molar-refractivity contribution in [2.45, 2.75) is 0 Å². The van der Waals surface area contributed by atoms with Gasteiger partial charge in [-0.2, -0.15) is 18.1 Å². The van der Waals surface area contributed by atoms with Gasteiger partial charge < -0.3 is 9.34 Å². The van der Waals surface area contributed by atoms with E-state index in [1.54, 1.807) is 23.4 Å². The summed E-state index contributed by atoms with van der Waals surface area (Å²) in [6, 6.07) is 18.7. The number of anilines is 2. The van der Waals surface area contributed by atoms with Crippen molar-refractivity contribution in [2.75, 3.05) is 23.4 Å². The Labute approximate surface area is 205 Å². The second-order valence-corrected chi connectivity index (χ2v) is 23.3. The van der Waals surface area contributed by atoms with Crippen LogP contribution in [0.5, 0.6) is 0 Å². The first kappa shape index (κ1) is 25.3. The van der Waals surface area contributed by atoms with E-state index in [1.807, 2.05) is 60.7 Å². The summed E-state index contributed by atoms with van der Waals surface area (Å²) in [4.78, 5) is 0. The van der Waals surface area contributed by atoms with Gasteiger partial charge in [-0.15, -0.1) is 0 Å². The SMILES string of the molecule is CN(c1ccccc1)P1(Cl)=NP(Cl)(Cl)=NP(Cl)(Cl)=NP(Cl)(N(C)c2ccccc2)=N1. The van der Waals surface area contributed by atoms with Crippen LogP contribution in [0.3, 0.4) is 0 Å². The van der Waals surface area contributed by atoms with Crippen molar-refractivity contribution in [1.82, 2.24) is 0 Å². The molecule has 0 spiro atoms. The van der Waals surface area contributed by atoms with Crippen LogP contribution in [-0.2, 0) is 0 Å². The first-order valence-electron chi connectivity index (χ1n) is 8.18. The summed E-state index contributed by atoms with van der Waals surface area (Å²) in [5.41, 5.74) is 1.51. The number of para-hydroxylation sites is 2. The predicted octanol–water partition coefficient (Wildman–Crippen LogP) is 11.5. The Morgan fingerprint density at radius 1 is 0.533 bits per heavy atom. The lowest BCUT2D eigenvalue weighted by Gasteiger charge is -2.34. The number of hydrogen-bond acceptors (Lipinski definition) is 6. The van der Waals surface area contributed by atoms with Crippen LogP contribution in [0.1, 0.15) is 0 Å². The maximum Gasteiger partial charge on any atom is 0.264 e. The molecule has 0 bridgehead atoms. The van der Waals surface area contributed by atoms with Crippen LogP contribution in [0.15, 0.2) is 78.7 Å². The molecule has 164 valence electrons. The summed E-state index contributed by atoms with van der Waals surface area (Å²) in [6.45, 7) is -6.58. The van der Waals surface area contributed by atoms with Crippen molar-refractivity contribution in [1.29, 1.82) is 0 Å². The highest BCUT2D eigenvalue weighted by Crippen LogP contribution is 2.87. The minimum atomic E-state index is -3.37. The van der Waals surface area contributed by atoms with E-state index in [4.69, 9.17) is 72.0 Å². The van der Waals surface area contributed by atoms with Gasteiger partial charge in [-0.1, -0.05) is 36.4 Å². The van der Waals surface area contributed by atoms with Gasteiger partial charge in [0.2, 0.25) is 0 Å². The van der Waals surface area contributed by atoms with Crippen molar-refractivity contribution in [3.8, 4) is 0 Å². The highest BCUT2D eigenvalue weighted by atomic mass is 35.9. The summed E-state index contributed by atoms with van der Waals surface area (Å²) in [7, 11) is 3.48. The van der Waals surface area contributed by atoms with Gasteiger partial charge in [0.25, 0.3) is 25.2 Å². The van der Waals surface area contributed by atoms with Crippen molar-refractivity contribution >= 4 is 104 Å². The second-order valence-electron chi connectivity index (χ2n) is 5.98. The van der Waals surface area contributed by atoms with Gasteiger partial charge in [-0.3, -0.25) is 0 Å². The van der Waals surface area contributed by atoms with Gasteiger partial charge in [0.05, 0.1) is 0 Å². The number of nitrogens with zero attached hydrogens (tertiary/aromatic N) is 6. The van der Waals surface area contributed by atoms with Gasteiger partial charge in [-0.25, -0.2) is 0 Å². The van der Waals surface area contributed by atoms with E-state index in [9.17, 15) is 0 Å². The Balaban J connectivity index is 2.31. The van der Waals surface area contributed by atoms with Crippen LogP contribution >= 0.6 is 92.7 Å². The highest BCUT2D eigenvalue weighted by molar-refractivity contribution is 8.21. The molecule has 3 rings (SSSR count). The Bertz CT molecular complexity index is 1090. The van der Waals surface area contributed by atoms with Crippen LogP contribution in [0.25, 0.3) is 0 Å². The molecule has 0 saturated heterocycles. The predicted molar refractivity (Wildman–Crippen MR) is 142 cm³/mol. The van der Waals surface area contributed by atoms with Gasteiger partial charge in [-0.05, 0) is 91.7 Å². The highest BCUT2D eigenvalue weighted by Gasteiger charge is 2.37. The van der Waals surface area contributed by atoms with Crippen molar-refractivity contribution in [2.24, 2.45) is 18.1 Å². The summed E-state index contributed by atoms with van der Waals surface area (Å²) in [5.74, 6) is -6.75. The molecule has 0 amide bonds. The van der Waals surface area contributed by atoms with E-state index < -0.39 is 25.2 Å². The fourth-order valence-corrected chi connectivity index (χ4v) is 25.2. The van der Waals surface area contributed by atoms with Crippen LogP contribution in [-0.4, -0.2) is 14.1 Å². The first-order valence-corrected chi connectivity index (χ1v) is 20.3. The monoisotopic (exact) mass is 602 g/mol. The third kappa shape index (κ3) is 5.98. The van der Waals surface area contributed by atoms with Gasteiger partial charge >= 0.3 is 0 Å². The van der Waals surface area contributed by atoms with E-state index in [2.05, 4.69) is 13.5 Å². The first-order chi connectivity index (χ1) is 13.9. The molecule has 0 aliphatic carbocycles. The molecule has 0 fully saturated rings. The zero-order chi connectivity index (χ0) is 22.2. The molecule has 2 aromatic carbocycles. The van der Waals surface area contributed by atoms with Crippen LogP contribution in [0, 0.1) is 0 Å². The Hall–Kier alpha value is 0.700. The Morgan fingerprint density at radius 2 is 0.900 bits per heavy atom. The average Bonchev–Trinajstić information content (AvgIpc) is 2.65. The molecule has 1 heterocycles. The van der Waals surface area contributed by atoms with Crippen molar-refractivity contribution in [3.05, 3.63) is 60.7 Å². The number of benzene rings is 2. The molecule has 0 radical (unpaired) electrons. The van der Waals surface area contributed by atoms with E-state index in [0.717, 1.165) is 11.4 Å². The van der Waals surface area contributed by atoms with Crippen molar-refractivity contribution in [3.63, 3.8) is 0 Å². The molecule has 2 unspecified atom stereocenters. The molecule has 2 atom stereocenters. The van der Waals surface area contributed by atoms with Crippen LogP contribution in [0.2, 0.25) is 0 Å². The fourth-order valence-electron chi connectivity index (χ4n) is 2.44. The number of halogens is 6. The van der Waals surface area contributed by atoms with Gasteiger partial charge in [0, 0.05) is 25.5 Å². The summed E-state index contributed by atoms with van der Waals surface area (Å²) >= 11 is 39.6. The molecule has 16 heteroatoms. The molecule has 1 aliphatic rings. The van der Waals surface area contributed by atoms with Crippen LogP contribution in [0.4, 0.5) is 11.4 Å². The summed E-state index contributed by atoms with van der Waals surface area (Å²) in [6.07, 6.45) is 0. The summed E-state index contributed by atoms with van der Waals surface area (Å²) < 4.78 is 21.3. The third-order valence-corrected chi connectivity index (χ3v) is 21.6. The lowest BCUT2D eigenvalue weighted by atomic mass is 10.3. The zero-order valence-corrected chi connectivity index (χ0v) is 23.6. The number of rotatable bonds is 4. The van der Waals surface area contributed by atoms with Crippen molar-refractivity contribution < 1.29 is 0 Å². The second kappa shape index (κ2) is 9.52. The minimum Gasteiger partial charge on any atom is -0.312 e. The van der Waals surface area contributed by atoms with E-state index >= 15 is 0 Å². The standard InChI is InChI=1S/C14H16Cl6N6P4/c1-25(13-9-5-3-6-10-13)29(19)22-27(15,16)21-28(17,18)23-30(20,24-29)26(2)14-11-7-4-8-12-14/h3-12H,1-2H3. The van der Waals surface area contributed by atoms with E-state index in [0.29, 0.717) is 0 Å². The smallest absolute Gasteiger partial charge is 0.264 e. The molecule has 2 aromatic rings. The van der Waals surface area contributed by atoms with Gasteiger partial charge in [0.1, 0.15) is 0 Å². The fraction of sp³-hybridized carbons (Fsp3) is 0.143. The number of hydrogen-bond donors (Lipinski definition) is 0. The topological polar surface area (TPSA) is 55.9 Å². The van der Waals surface area contributed by atoms with Gasteiger partial charge in [0.15, 0.2) is 0 Å². The molecule has 1 aliphatic heterocycles. The Kier molecular flexibility index (Phi) is 8.03. The normalized spacial score (nSPS) is 27.2. The third-order valence-electron chi connectivity index (χ3n) is 3.91. The maximum atomic E-state index is 7.02. The average molecular weight is 605 g/mol. The molecule has 0 N–H and O–H groups in total. The lowest BCUT2D eigenvalue weighted by molar-refractivity contribution is 1.31. The zero-order valence-electron chi connectivity index (χ0n) is 15.5. The summed E-state index contributed by atoms with van der Waals surface area (Å²) in [5, 5.41) is 0. The largest absolute Gasteiger partial charge is 0.312 e. The lowest BCUT2D eigenvalue weighted by Crippen LogP contribution is -2.12. The minimum absolute atomic E-state index is 0.755. The van der Waals surface area contributed by atoms with E-state index in [-0.39, 0.29) is 0 Å². The molecule has 0 saturated carbocycles. The molecule has 6 nitrogen and oxygen atoms in total. The van der Waals surface area contributed by atoms with E-state index in [1.165, 1.54) is 0 Å². The quantitative estimate of drug-likeness (QED) is 0.326. The molecular weight excluding hydrogens is 589 g/mol. The molecular formula is C14H16Cl6N6P4. The molecule has 30 heavy (non-hydrogen) atoms. The van der Waals surface area contributed by atoms with Crippen LogP contribution < -0.4 is 9.34 Å².